The smallest absolute Gasteiger partial charge is 0.321 e. The molecule has 0 spiro atoms. The number of carboxylic acids is 1. The quantitative estimate of drug-likeness (QED) is 0.522. The van der Waals surface area contributed by atoms with Crippen molar-refractivity contribution in [3.63, 3.8) is 0 Å². The van der Waals surface area contributed by atoms with E-state index < -0.39 is 18.1 Å². The minimum atomic E-state index is -0.894. The largest absolute Gasteiger partial charge is 0.480 e. The number of hydrogen-bond acceptors (Lipinski definition) is 4. The lowest BCUT2D eigenvalue weighted by atomic mass is 10.2. The summed E-state index contributed by atoms with van der Waals surface area (Å²) in [7, 11) is 0. The molecule has 1 aliphatic rings. The number of hydrogen-bond donors (Lipinski definition) is 3. The number of carboxylic acid groups (broad SMARTS) is 1. The summed E-state index contributed by atoms with van der Waals surface area (Å²) in [6.07, 6.45) is 0.303. The summed E-state index contributed by atoms with van der Waals surface area (Å²) in [5.41, 5.74) is 0. The van der Waals surface area contributed by atoms with E-state index in [1.807, 2.05) is 0 Å². The molecule has 1 saturated heterocycles. The van der Waals surface area contributed by atoms with E-state index in [-0.39, 0.29) is 6.61 Å². The van der Waals surface area contributed by atoms with Gasteiger partial charge in [0.25, 0.3) is 0 Å². The average Bonchev–Trinajstić information content (AvgIpc) is 2.43. The molecule has 76 valence electrons. The van der Waals surface area contributed by atoms with Gasteiger partial charge in [-0.1, -0.05) is 0 Å². The highest BCUT2D eigenvalue weighted by molar-refractivity contribution is 5.74. The Morgan fingerprint density at radius 2 is 2.23 bits per heavy atom. The highest BCUT2D eigenvalue weighted by atomic mass is 16.4. The maximum atomic E-state index is 10.7. The van der Waals surface area contributed by atoms with Crippen molar-refractivity contribution in [1.82, 2.24) is 4.90 Å². The molecule has 1 rings (SSSR count). The van der Waals surface area contributed by atoms with Crippen molar-refractivity contribution >= 4 is 5.97 Å². The van der Waals surface area contributed by atoms with E-state index in [9.17, 15) is 9.90 Å². The Labute approximate surface area is 76.6 Å². The Morgan fingerprint density at radius 1 is 1.54 bits per heavy atom. The molecular formula is C8H15NO4. The molecule has 13 heavy (non-hydrogen) atoms. The van der Waals surface area contributed by atoms with Gasteiger partial charge in [0.15, 0.2) is 0 Å². The van der Waals surface area contributed by atoms with Crippen LogP contribution in [-0.4, -0.2) is 58.0 Å². The van der Waals surface area contributed by atoms with Crippen molar-refractivity contribution in [2.24, 2.45) is 0 Å². The van der Waals surface area contributed by atoms with Crippen LogP contribution in [0.3, 0.4) is 0 Å². The van der Waals surface area contributed by atoms with Crippen LogP contribution in [0.25, 0.3) is 0 Å². The molecule has 0 aromatic carbocycles. The summed E-state index contributed by atoms with van der Waals surface area (Å²) >= 11 is 0. The lowest BCUT2D eigenvalue weighted by molar-refractivity contribution is -0.142. The number of nitrogens with zero attached hydrogens (tertiary/aromatic N) is 1. The fourth-order valence-electron chi connectivity index (χ4n) is 1.66. The van der Waals surface area contributed by atoms with Crippen LogP contribution in [-0.2, 0) is 4.79 Å². The predicted octanol–water partition coefficient (Wildman–Crippen LogP) is -1.11. The SMILES string of the molecule is O=C(O)C1CC(O)CN1CCCO. The summed E-state index contributed by atoms with van der Waals surface area (Å²) in [6.45, 7) is 0.987. The van der Waals surface area contributed by atoms with Gasteiger partial charge >= 0.3 is 5.97 Å². The molecule has 1 aliphatic heterocycles. The fourth-order valence-corrected chi connectivity index (χ4v) is 1.66. The summed E-state index contributed by atoms with van der Waals surface area (Å²) in [4.78, 5) is 12.4. The highest BCUT2D eigenvalue weighted by Crippen LogP contribution is 2.17. The number of carbonyl (C=O) groups is 1. The van der Waals surface area contributed by atoms with Crippen molar-refractivity contribution in [3.05, 3.63) is 0 Å². The zero-order chi connectivity index (χ0) is 9.84. The highest BCUT2D eigenvalue weighted by Gasteiger charge is 2.35. The molecule has 5 heteroatoms. The number of likely N-dealkylation sites (tertiary alicyclic amines) is 1. The molecule has 1 fully saturated rings. The average molecular weight is 189 g/mol. The van der Waals surface area contributed by atoms with E-state index in [4.69, 9.17) is 10.2 Å². The second kappa shape index (κ2) is 4.55. The predicted molar refractivity (Wildman–Crippen MR) is 45.3 cm³/mol. The Kier molecular flexibility index (Phi) is 3.65. The topological polar surface area (TPSA) is 81.0 Å². The molecule has 2 atom stereocenters. The van der Waals surface area contributed by atoms with E-state index in [1.165, 1.54) is 0 Å². The monoisotopic (exact) mass is 189 g/mol. The van der Waals surface area contributed by atoms with Gasteiger partial charge in [0.2, 0.25) is 0 Å². The van der Waals surface area contributed by atoms with Crippen LogP contribution in [0.1, 0.15) is 12.8 Å². The number of aliphatic hydroxyl groups excluding tert-OH is 2. The number of β-amino-alcohol motifs (C(OH)–C–C–N with tert-alkyl or cyclic N) is 1. The van der Waals surface area contributed by atoms with Gasteiger partial charge in [-0.15, -0.1) is 0 Å². The first-order valence-corrected chi connectivity index (χ1v) is 4.41. The molecule has 1 heterocycles. The second-order valence-corrected chi connectivity index (χ2v) is 3.32. The number of rotatable bonds is 4. The minimum Gasteiger partial charge on any atom is -0.480 e. The first-order valence-electron chi connectivity index (χ1n) is 4.41. The van der Waals surface area contributed by atoms with Gasteiger partial charge < -0.3 is 15.3 Å². The molecule has 0 aliphatic carbocycles. The fraction of sp³-hybridized carbons (Fsp3) is 0.875. The second-order valence-electron chi connectivity index (χ2n) is 3.32. The summed E-state index contributed by atoms with van der Waals surface area (Å²) in [5, 5.41) is 26.6. The van der Waals surface area contributed by atoms with E-state index in [0.717, 1.165) is 0 Å². The van der Waals surface area contributed by atoms with E-state index in [0.29, 0.717) is 25.9 Å². The van der Waals surface area contributed by atoms with Gasteiger partial charge in [-0.25, -0.2) is 0 Å². The molecule has 0 radical (unpaired) electrons. The maximum absolute atomic E-state index is 10.7. The van der Waals surface area contributed by atoms with Crippen LogP contribution < -0.4 is 0 Å². The van der Waals surface area contributed by atoms with Crippen LogP contribution in [0.2, 0.25) is 0 Å². The van der Waals surface area contributed by atoms with Gasteiger partial charge in [-0.3, -0.25) is 9.69 Å². The Balaban J connectivity index is 2.45. The molecule has 3 N–H and O–H groups in total. The van der Waals surface area contributed by atoms with Crippen LogP contribution in [0.15, 0.2) is 0 Å². The zero-order valence-corrected chi connectivity index (χ0v) is 7.39. The van der Waals surface area contributed by atoms with Crippen molar-refractivity contribution in [1.29, 1.82) is 0 Å². The summed E-state index contributed by atoms with van der Waals surface area (Å²) in [5.74, 6) is -0.894. The first kappa shape index (κ1) is 10.4. The van der Waals surface area contributed by atoms with Gasteiger partial charge in [-0.05, 0) is 6.42 Å². The van der Waals surface area contributed by atoms with Gasteiger partial charge in [-0.2, -0.15) is 0 Å². The van der Waals surface area contributed by atoms with Crippen molar-refractivity contribution < 1.29 is 20.1 Å². The third-order valence-electron chi connectivity index (χ3n) is 2.27. The van der Waals surface area contributed by atoms with Crippen LogP contribution in [0, 0.1) is 0 Å². The number of aliphatic hydroxyl groups is 2. The Hall–Kier alpha value is -0.650. The van der Waals surface area contributed by atoms with E-state index in [2.05, 4.69) is 0 Å². The molecule has 0 saturated carbocycles. The molecule has 5 nitrogen and oxygen atoms in total. The molecule has 0 amide bonds. The van der Waals surface area contributed by atoms with Crippen LogP contribution in [0.4, 0.5) is 0 Å². The summed E-state index contributed by atoms with van der Waals surface area (Å²) < 4.78 is 0. The van der Waals surface area contributed by atoms with Crippen LogP contribution >= 0.6 is 0 Å². The van der Waals surface area contributed by atoms with Crippen molar-refractivity contribution in [3.8, 4) is 0 Å². The minimum absolute atomic E-state index is 0.0545. The van der Waals surface area contributed by atoms with Gasteiger partial charge in [0.1, 0.15) is 6.04 Å². The lowest BCUT2D eigenvalue weighted by Crippen LogP contribution is -2.36. The number of aliphatic carboxylic acids is 1. The van der Waals surface area contributed by atoms with Gasteiger partial charge in [0.05, 0.1) is 6.10 Å². The van der Waals surface area contributed by atoms with Crippen molar-refractivity contribution in [2.75, 3.05) is 19.7 Å². The molecule has 0 aromatic rings. The first-order chi connectivity index (χ1) is 6.15. The molecule has 2 unspecified atom stereocenters. The Bertz CT molecular complexity index is 185. The van der Waals surface area contributed by atoms with Crippen molar-refractivity contribution in [2.45, 2.75) is 25.0 Å². The summed E-state index contributed by atoms with van der Waals surface area (Å²) in [6, 6.07) is -0.582. The van der Waals surface area contributed by atoms with Crippen LogP contribution in [0.5, 0.6) is 0 Å². The molecular weight excluding hydrogens is 174 g/mol. The Morgan fingerprint density at radius 3 is 2.77 bits per heavy atom. The van der Waals surface area contributed by atoms with Gasteiger partial charge in [0, 0.05) is 26.1 Å². The zero-order valence-electron chi connectivity index (χ0n) is 7.39. The van der Waals surface area contributed by atoms with E-state index in [1.54, 1.807) is 4.90 Å². The standard InChI is InChI=1S/C8H15NO4/c10-3-1-2-9-5-6(11)4-7(9)8(12)13/h6-7,10-11H,1-5H2,(H,12,13). The maximum Gasteiger partial charge on any atom is 0.321 e. The van der Waals surface area contributed by atoms with E-state index >= 15 is 0 Å². The molecule has 0 bridgehead atoms. The normalized spacial score (nSPS) is 29.4. The lowest BCUT2D eigenvalue weighted by Gasteiger charge is -2.19. The molecule has 0 aromatic heterocycles. The third-order valence-corrected chi connectivity index (χ3v) is 2.27. The third kappa shape index (κ3) is 2.65.